The van der Waals surface area contributed by atoms with E-state index in [2.05, 4.69) is 0 Å². The summed E-state index contributed by atoms with van der Waals surface area (Å²) < 4.78 is 21.6. The van der Waals surface area contributed by atoms with Gasteiger partial charge in [0.15, 0.2) is 23.0 Å². The summed E-state index contributed by atoms with van der Waals surface area (Å²) in [6.07, 6.45) is 0. The number of phenols is 2. The molecule has 2 aliphatic rings. The lowest BCUT2D eigenvalue weighted by Gasteiger charge is -2.20. The van der Waals surface area contributed by atoms with Crippen molar-refractivity contribution >= 4 is 0 Å². The lowest BCUT2D eigenvalue weighted by atomic mass is 9.88. The molecule has 0 aliphatic carbocycles. The molecule has 0 amide bonds. The summed E-state index contributed by atoms with van der Waals surface area (Å²) in [5.41, 5.74) is 3.45. The fourth-order valence-corrected chi connectivity index (χ4v) is 3.47. The van der Waals surface area contributed by atoms with Gasteiger partial charge < -0.3 is 34.3 Å². The van der Waals surface area contributed by atoms with E-state index in [1.165, 1.54) is 0 Å². The van der Waals surface area contributed by atoms with Gasteiger partial charge in [0, 0.05) is 16.7 Å². The van der Waals surface area contributed by atoms with Gasteiger partial charge in [-0.3, -0.25) is 0 Å². The van der Waals surface area contributed by atoms with E-state index >= 15 is 0 Å². The lowest BCUT2D eigenvalue weighted by molar-refractivity contribution is 0.169. The Morgan fingerprint density at radius 1 is 0.680 bits per heavy atom. The number of phenolic OH excluding ortho intramolecular Hbond substituents is 2. The molecule has 0 aromatic heterocycles. The Morgan fingerprint density at radius 2 is 1.16 bits per heavy atom. The Morgan fingerprint density at radius 3 is 1.76 bits per heavy atom. The predicted octanol–water partition coefficient (Wildman–Crippen LogP) is 2.64. The van der Waals surface area contributed by atoms with Crippen LogP contribution in [0.1, 0.15) is 22.3 Å². The topological polar surface area (TPSA) is 97.6 Å². The van der Waals surface area contributed by atoms with Crippen molar-refractivity contribution in [2.45, 2.75) is 27.4 Å². The molecule has 0 spiro atoms. The van der Waals surface area contributed by atoms with Crippen LogP contribution in [0.15, 0.2) is 0 Å². The highest BCUT2D eigenvalue weighted by atomic mass is 16.7. The maximum atomic E-state index is 10.8. The monoisotopic (exact) mass is 346 g/mol. The molecule has 0 radical (unpaired) electrons. The van der Waals surface area contributed by atoms with Crippen LogP contribution in [0.25, 0.3) is 11.1 Å². The van der Waals surface area contributed by atoms with Gasteiger partial charge in [-0.1, -0.05) is 0 Å². The predicted molar refractivity (Wildman–Crippen MR) is 87.6 cm³/mol. The van der Waals surface area contributed by atoms with Crippen molar-refractivity contribution in [1.29, 1.82) is 0 Å². The molecule has 0 bridgehead atoms. The largest absolute Gasteiger partial charge is 0.504 e. The zero-order valence-electron chi connectivity index (χ0n) is 14.1. The number of benzene rings is 2. The second-order valence-electron chi connectivity index (χ2n) is 6.09. The number of aromatic hydroxyl groups is 2. The highest BCUT2D eigenvalue weighted by molar-refractivity contribution is 5.89. The molecule has 2 aromatic rings. The third-order valence-corrected chi connectivity index (χ3v) is 4.92. The zero-order chi connectivity index (χ0) is 17.9. The smallest absolute Gasteiger partial charge is 0.231 e. The summed E-state index contributed by atoms with van der Waals surface area (Å²) in [5.74, 6) is 0.990. The van der Waals surface area contributed by atoms with E-state index in [4.69, 9.17) is 18.9 Å². The summed E-state index contributed by atoms with van der Waals surface area (Å²) in [7, 11) is 0. The van der Waals surface area contributed by atoms with Crippen LogP contribution < -0.4 is 18.9 Å². The van der Waals surface area contributed by atoms with Gasteiger partial charge in [0.1, 0.15) is 0 Å². The first-order valence-electron chi connectivity index (χ1n) is 7.84. The zero-order valence-corrected chi connectivity index (χ0v) is 14.1. The van der Waals surface area contributed by atoms with Crippen LogP contribution in [0, 0.1) is 20.8 Å². The van der Waals surface area contributed by atoms with Gasteiger partial charge in [-0.2, -0.15) is 0 Å². The van der Waals surface area contributed by atoms with Gasteiger partial charge in [-0.15, -0.1) is 0 Å². The third kappa shape index (κ3) is 1.96. The molecule has 0 saturated carbocycles. The van der Waals surface area contributed by atoms with Crippen molar-refractivity contribution in [3.05, 3.63) is 22.3 Å². The Labute approximate surface area is 144 Å². The van der Waals surface area contributed by atoms with E-state index in [1.807, 2.05) is 13.8 Å². The van der Waals surface area contributed by atoms with Crippen molar-refractivity contribution < 1.29 is 34.3 Å². The molecule has 2 aromatic carbocycles. The number of aliphatic hydroxyl groups excluding tert-OH is 1. The summed E-state index contributed by atoms with van der Waals surface area (Å²) >= 11 is 0. The van der Waals surface area contributed by atoms with Crippen molar-refractivity contribution in [1.82, 2.24) is 0 Å². The fraction of sp³-hybridized carbons (Fsp3) is 0.333. The third-order valence-electron chi connectivity index (χ3n) is 4.92. The number of hydrogen-bond acceptors (Lipinski definition) is 7. The molecule has 4 rings (SSSR count). The van der Waals surface area contributed by atoms with Gasteiger partial charge >= 0.3 is 0 Å². The van der Waals surface area contributed by atoms with E-state index in [9.17, 15) is 15.3 Å². The number of ether oxygens (including phenoxy) is 4. The Kier molecular flexibility index (Phi) is 3.36. The van der Waals surface area contributed by atoms with Gasteiger partial charge in [0.25, 0.3) is 0 Å². The number of rotatable bonds is 2. The molecule has 7 nitrogen and oxygen atoms in total. The van der Waals surface area contributed by atoms with Crippen molar-refractivity contribution in [3.8, 4) is 45.6 Å². The van der Waals surface area contributed by atoms with Crippen LogP contribution in [0.3, 0.4) is 0 Å². The normalized spacial score (nSPS) is 14.2. The fourth-order valence-electron chi connectivity index (χ4n) is 3.47. The molecule has 0 unspecified atom stereocenters. The molecular weight excluding hydrogens is 328 g/mol. The summed E-state index contributed by atoms with van der Waals surface area (Å²) in [6.45, 7) is 5.15. The van der Waals surface area contributed by atoms with Crippen LogP contribution in [0.2, 0.25) is 0 Å². The first-order chi connectivity index (χ1) is 12.0. The SMILES string of the molecule is Cc1c(C)c(-c2c(C)c(CO)c3c(c2O)OCO3)c(O)c2c1OCO2. The summed E-state index contributed by atoms with van der Waals surface area (Å²) in [6, 6.07) is 0. The minimum absolute atomic E-state index is 0.0284. The number of aliphatic hydroxyl groups is 1. The van der Waals surface area contributed by atoms with Crippen LogP contribution in [0.4, 0.5) is 0 Å². The molecule has 25 heavy (non-hydrogen) atoms. The van der Waals surface area contributed by atoms with Gasteiger partial charge in [-0.05, 0) is 37.5 Å². The van der Waals surface area contributed by atoms with Gasteiger partial charge in [-0.25, -0.2) is 0 Å². The molecule has 7 heteroatoms. The second-order valence-corrected chi connectivity index (χ2v) is 6.09. The molecule has 0 atom stereocenters. The number of fused-ring (bicyclic) bond motifs is 2. The molecule has 3 N–H and O–H groups in total. The van der Waals surface area contributed by atoms with E-state index in [0.29, 0.717) is 33.8 Å². The molecule has 2 heterocycles. The van der Waals surface area contributed by atoms with Crippen LogP contribution in [-0.2, 0) is 6.61 Å². The summed E-state index contributed by atoms with van der Waals surface area (Å²) in [4.78, 5) is 0. The van der Waals surface area contributed by atoms with E-state index < -0.39 is 0 Å². The standard InChI is InChI=1S/C18H18O7/c1-7-8(2)15-17(24-5-22-15)13(20)11(7)12-9(3)10(4-19)16-18(14(12)21)25-6-23-16/h19-21H,4-6H2,1-3H3. The van der Waals surface area contributed by atoms with Gasteiger partial charge in [0.2, 0.25) is 25.1 Å². The number of hydrogen-bond donors (Lipinski definition) is 3. The highest BCUT2D eigenvalue weighted by Gasteiger charge is 2.33. The van der Waals surface area contributed by atoms with Crippen LogP contribution in [-0.4, -0.2) is 28.9 Å². The molecule has 0 saturated heterocycles. The Bertz CT molecular complexity index is 902. The Balaban J connectivity index is 2.09. The van der Waals surface area contributed by atoms with E-state index in [1.54, 1.807) is 6.92 Å². The Hall–Kier alpha value is -2.80. The molecule has 2 aliphatic heterocycles. The van der Waals surface area contributed by atoms with Gasteiger partial charge in [0.05, 0.1) is 6.61 Å². The van der Waals surface area contributed by atoms with Crippen LogP contribution >= 0.6 is 0 Å². The summed E-state index contributed by atoms with van der Waals surface area (Å²) in [5, 5.41) is 31.3. The quantitative estimate of drug-likeness (QED) is 0.769. The minimum Gasteiger partial charge on any atom is -0.504 e. The molecule has 0 fully saturated rings. The maximum Gasteiger partial charge on any atom is 0.231 e. The second kappa shape index (κ2) is 5.35. The van der Waals surface area contributed by atoms with E-state index in [0.717, 1.165) is 11.1 Å². The highest BCUT2D eigenvalue weighted by Crippen LogP contribution is 2.57. The average Bonchev–Trinajstić information content (AvgIpc) is 3.25. The first kappa shape index (κ1) is 15.7. The average molecular weight is 346 g/mol. The lowest BCUT2D eigenvalue weighted by Crippen LogP contribution is -1.99. The van der Waals surface area contributed by atoms with Crippen molar-refractivity contribution in [3.63, 3.8) is 0 Å². The molecule has 132 valence electrons. The first-order valence-corrected chi connectivity index (χ1v) is 7.84. The van der Waals surface area contributed by atoms with E-state index in [-0.39, 0.29) is 43.2 Å². The minimum atomic E-state index is -0.284. The van der Waals surface area contributed by atoms with Crippen LogP contribution in [0.5, 0.6) is 34.5 Å². The van der Waals surface area contributed by atoms with Crippen molar-refractivity contribution in [2.24, 2.45) is 0 Å². The maximum absolute atomic E-state index is 10.8. The van der Waals surface area contributed by atoms with Crippen molar-refractivity contribution in [2.75, 3.05) is 13.6 Å². The molecular formula is C18H18O7.